The van der Waals surface area contributed by atoms with E-state index < -0.39 is 10.1 Å². The standard InChI is InChI=1S/C11H11N5O5S/c1-22(18,19)21-11-15-9(8-10(16-11)14-5-13-8)12-4-6-2-3-7(17)20-6/h2-3,5,17H,4H2,1H3,(H2,12,13,14,15,16). The molecule has 22 heavy (non-hydrogen) atoms. The average Bonchev–Trinajstić information content (AvgIpc) is 3.02. The molecule has 3 rings (SSSR count). The molecule has 0 radical (unpaired) electrons. The minimum atomic E-state index is -3.75. The monoisotopic (exact) mass is 325 g/mol. The van der Waals surface area contributed by atoms with Crippen molar-refractivity contribution in [2.75, 3.05) is 11.6 Å². The minimum absolute atomic E-state index is 0.202. The number of nitrogens with zero attached hydrogens (tertiary/aromatic N) is 3. The number of H-pyrrole nitrogens is 1. The van der Waals surface area contributed by atoms with Gasteiger partial charge in [-0.25, -0.2) is 4.98 Å². The van der Waals surface area contributed by atoms with E-state index in [1.54, 1.807) is 6.07 Å². The van der Waals surface area contributed by atoms with Crippen molar-refractivity contribution >= 4 is 27.1 Å². The highest BCUT2D eigenvalue weighted by Crippen LogP contribution is 2.22. The molecule has 0 amide bonds. The lowest BCUT2D eigenvalue weighted by Crippen LogP contribution is -2.10. The Morgan fingerprint density at radius 3 is 2.91 bits per heavy atom. The maximum absolute atomic E-state index is 11.2. The third-order valence-corrected chi connectivity index (χ3v) is 3.02. The fourth-order valence-electron chi connectivity index (χ4n) is 1.75. The molecule has 0 aliphatic heterocycles. The summed E-state index contributed by atoms with van der Waals surface area (Å²) in [4.78, 5) is 14.6. The topological polar surface area (TPSA) is 143 Å². The zero-order valence-electron chi connectivity index (χ0n) is 11.3. The number of nitrogens with one attached hydrogen (secondary N) is 2. The molecule has 0 spiro atoms. The summed E-state index contributed by atoms with van der Waals surface area (Å²) in [5.74, 6) is 0.554. The van der Waals surface area contributed by atoms with Gasteiger partial charge in [-0.1, -0.05) is 0 Å². The minimum Gasteiger partial charge on any atom is -0.481 e. The molecule has 0 aromatic carbocycles. The Labute approximate surface area is 124 Å². The van der Waals surface area contributed by atoms with E-state index in [2.05, 4.69) is 29.4 Å². The van der Waals surface area contributed by atoms with Crippen LogP contribution in [0.25, 0.3) is 11.2 Å². The van der Waals surface area contributed by atoms with Gasteiger partial charge < -0.3 is 24.0 Å². The van der Waals surface area contributed by atoms with E-state index in [9.17, 15) is 8.42 Å². The van der Waals surface area contributed by atoms with Gasteiger partial charge in [0.05, 0.1) is 19.1 Å². The summed E-state index contributed by atoms with van der Waals surface area (Å²) in [7, 11) is -3.75. The Morgan fingerprint density at radius 2 is 2.23 bits per heavy atom. The first-order chi connectivity index (χ1) is 10.4. The lowest BCUT2D eigenvalue weighted by Gasteiger charge is -2.06. The Morgan fingerprint density at radius 1 is 1.41 bits per heavy atom. The zero-order chi connectivity index (χ0) is 15.7. The average molecular weight is 325 g/mol. The summed E-state index contributed by atoms with van der Waals surface area (Å²) in [5, 5.41) is 12.1. The number of hydrogen-bond acceptors (Lipinski definition) is 9. The summed E-state index contributed by atoms with van der Waals surface area (Å²) in [6.45, 7) is 0.212. The first kappa shape index (κ1) is 14.1. The van der Waals surface area contributed by atoms with Crippen LogP contribution in [0.1, 0.15) is 5.76 Å². The van der Waals surface area contributed by atoms with Crippen LogP contribution in [-0.4, -0.2) is 39.7 Å². The number of hydrogen-bond donors (Lipinski definition) is 3. The smallest absolute Gasteiger partial charge is 0.337 e. The van der Waals surface area contributed by atoms with Crippen LogP contribution < -0.4 is 9.50 Å². The number of anilines is 1. The fourth-order valence-corrected chi connectivity index (χ4v) is 2.09. The summed E-state index contributed by atoms with van der Waals surface area (Å²) in [6.07, 6.45) is 2.29. The normalized spacial score (nSPS) is 11.7. The van der Waals surface area contributed by atoms with Crippen LogP contribution in [0.5, 0.6) is 12.0 Å². The van der Waals surface area contributed by atoms with Gasteiger partial charge in [-0.05, 0) is 6.07 Å². The fraction of sp³-hybridized carbons (Fsp3) is 0.182. The van der Waals surface area contributed by atoms with Gasteiger partial charge in [0, 0.05) is 6.07 Å². The molecular formula is C11H11N5O5S. The first-order valence-electron chi connectivity index (χ1n) is 6.03. The third kappa shape index (κ3) is 3.09. The number of rotatable bonds is 5. The molecule has 0 aliphatic carbocycles. The van der Waals surface area contributed by atoms with Crippen molar-refractivity contribution in [2.45, 2.75) is 6.54 Å². The number of aromatic hydroxyl groups is 1. The van der Waals surface area contributed by atoms with E-state index in [0.29, 0.717) is 11.3 Å². The summed E-state index contributed by atoms with van der Waals surface area (Å²) < 4.78 is 32.0. The number of fused-ring (bicyclic) bond motifs is 1. The van der Waals surface area contributed by atoms with Crippen LogP contribution in [0.3, 0.4) is 0 Å². The summed E-state index contributed by atoms with van der Waals surface area (Å²) in [6, 6.07) is 2.65. The second kappa shape index (κ2) is 5.18. The second-order valence-electron chi connectivity index (χ2n) is 4.34. The Kier molecular flexibility index (Phi) is 3.33. The van der Waals surface area contributed by atoms with Crippen LogP contribution >= 0.6 is 0 Å². The van der Waals surface area contributed by atoms with E-state index in [-0.39, 0.29) is 30.0 Å². The molecule has 0 atom stereocenters. The highest BCUT2D eigenvalue weighted by molar-refractivity contribution is 7.86. The maximum Gasteiger partial charge on any atom is 0.337 e. The molecule has 3 N–H and O–H groups in total. The quantitative estimate of drug-likeness (QED) is 0.574. The lowest BCUT2D eigenvalue weighted by molar-refractivity contribution is 0.320. The molecule has 0 saturated heterocycles. The van der Waals surface area contributed by atoms with E-state index in [1.807, 2.05) is 0 Å². The van der Waals surface area contributed by atoms with Gasteiger partial charge in [-0.3, -0.25) is 0 Å². The van der Waals surface area contributed by atoms with Gasteiger partial charge in [0.15, 0.2) is 11.5 Å². The predicted molar refractivity (Wildman–Crippen MR) is 74.9 cm³/mol. The van der Waals surface area contributed by atoms with E-state index in [0.717, 1.165) is 6.26 Å². The highest BCUT2D eigenvalue weighted by atomic mass is 32.2. The van der Waals surface area contributed by atoms with Gasteiger partial charge in [0.2, 0.25) is 0 Å². The molecule has 0 bridgehead atoms. The van der Waals surface area contributed by atoms with Gasteiger partial charge in [0.25, 0.3) is 5.95 Å². The maximum atomic E-state index is 11.2. The zero-order valence-corrected chi connectivity index (χ0v) is 12.1. The molecule has 11 heteroatoms. The van der Waals surface area contributed by atoms with Crippen molar-refractivity contribution in [3.63, 3.8) is 0 Å². The molecule has 0 fully saturated rings. The highest BCUT2D eigenvalue weighted by Gasteiger charge is 2.14. The third-order valence-electron chi connectivity index (χ3n) is 2.57. The van der Waals surface area contributed by atoms with Crippen LogP contribution in [-0.2, 0) is 16.7 Å². The van der Waals surface area contributed by atoms with Crippen molar-refractivity contribution in [1.29, 1.82) is 0 Å². The molecule has 3 aromatic rings. The lowest BCUT2D eigenvalue weighted by atomic mass is 10.4. The van der Waals surface area contributed by atoms with Crippen molar-refractivity contribution in [1.82, 2.24) is 19.9 Å². The van der Waals surface area contributed by atoms with Crippen LogP contribution in [0.4, 0.5) is 5.82 Å². The van der Waals surface area contributed by atoms with Crippen molar-refractivity contribution in [3.05, 3.63) is 24.2 Å². The molecule has 0 unspecified atom stereocenters. The Balaban J connectivity index is 1.91. The molecule has 0 saturated carbocycles. The number of aromatic amines is 1. The number of furan rings is 1. The van der Waals surface area contributed by atoms with Crippen LogP contribution in [0.15, 0.2) is 22.9 Å². The second-order valence-corrected chi connectivity index (χ2v) is 5.91. The van der Waals surface area contributed by atoms with Crippen molar-refractivity contribution in [2.24, 2.45) is 0 Å². The predicted octanol–water partition coefficient (Wildman–Crippen LogP) is 0.602. The molecular weight excluding hydrogens is 314 g/mol. The largest absolute Gasteiger partial charge is 0.481 e. The Bertz CT molecular complexity index is 916. The van der Waals surface area contributed by atoms with E-state index in [1.165, 1.54) is 12.4 Å². The van der Waals surface area contributed by atoms with Gasteiger partial charge in [-0.2, -0.15) is 18.4 Å². The van der Waals surface area contributed by atoms with Crippen molar-refractivity contribution < 1.29 is 22.1 Å². The van der Waals surface area contributed by atoms with Gasteiger partial charge in [0.1, 0.15) is 11.3 Å². The summed E-state index contributed by atoms with van der Waals surface area (Å²) >= 11 is 0. The number of imidazole rings is 1. The SMILES string of the molecule is CS(=O)(=O)Oc1nc(NCc2ccc(O)o2)c2[nH]cnc2n1. The molecule has 10 nitrogen and oxygen atoms in total. The molecule has 116 valence electrons. The molecule has 3 aromatic heterocycles. The molecule has 0 aliphatic rings. The first-order valence-corrected chi connectivity index (χ1v) is 7.84. The van der Waals surface area contributed by atoms with Crippen molar-refractivity contribution in [3.8, 4) is 12.0 Å². The van der Waals surface area contributed by atoms with E-state index >= 15 is 0 Å². The van der Waals surface area contributed by atoms with Crippen LogP contribution in [0.2, 0.25) is 0 Å². The number of aromatic nitrogens is 4. The van der Waals surface area contributed by atoms with E-state index in [4.69, 9.17) is 9.52 Å². The van der Waals surface area contributed by atoms with Gasteiger partial charge >= 0.3 is 16.1 Å². The van der Waals surface area contributed by atoms with Gasteiger partial charge in [-0.15, -0.1) is 0 Å². The van der Waals surface area contributed by atoms with Crippen LogP contribution in [0, 0.1) is 0 Å². The summed E-state index contributed by atoms with van der Waals surface area (Å²) in [5.41, 5.74) is 0.732. The molecule has 3 heterocycles. The Hall–Kier alpha value is -2.82.